The van der Waals surface area contributed by atoms with Crippen molar-refractivity contribution in [1.29, 1.82) is 0 Å². The van der Waals surface area contributed by atoms with Crippen molar-refractivity contribution in [2.24, 2.45) is 5.92 Å². The van der Waals surface area contributed by atoms with Crippen molar-refractivity contribution >= 4 is 11.8 Å². The van der Waals surface area contributed by atoms with E-state index in [1.807, 2.05) is 0 Å². The van der Waals surface area contributed by atoms with Gasteiger partial charge in [0.25, 0.3) is 11.8 Å². The third-order valence-corrected chi connectivity index (χ3v) is 4.61. The van der Waals surface area contributed by atoms with Gasteiger partial charge in [0.1, 0.15) is 5.82 Å². The fourth-order valence-electron chi connectivity index (χ4n) is 3.32. The molecule has 2 amide bonds. The Hall–Kier alpha value is -2.63. The van der Waals surface area contributed by atoms with Crippen molar-refractivity contribution < 1.29 is 18.4 Å². The zero-order valence-corrected chi connectivity index (χ0v) is 12.3. The summed E-state index contributed by atoms with van der Waals surface area (Å²) < 4.78 is 18.4. The number of piperidine rings is 1. The molecule has 2 aliphatic rings. The summed E-state index contributed by atoms with van der Waals surface area (Å²) in [6.45, 7) is 1.06. The van der Waals surface area contributed by atoms with Crippen LogP contribution in [0, 0.1) is 11.7 Å². The quantitative estimate of drug-likeness (QED) is 0.943. The normalized spacial score (nSPS) is 25.1. The highest BCUT2D eigenvalue weighted by molar-refractivity contribution is 5.95. The average molecular weight is 314 g/mol. The number of furan rings is 1. The minimum absolute atomic E-state index is 0.165. The predicted octanol–water partition coefficient (Wildman–Crippen LogP) is 2.06. The van der Waals surface area contributed by atoms with Gasteiger partial charge >= 0.3 is 0 Å². The second-order valence-corrected chi connectivity index (χ2v) is 6.18. The maximum absolute atomic E-state index is 13.2. The number of carbonyl (C=O) groups excluding carboxylic acids is 2. The van der Waals surface area contributed by atoms with Gasteiger partial charge in [-0.1, -0.05) is 6.07 Å². The van der Waals surface area contributed by atoms with Crippen molar-refractivity contribution in [1.82, 2.24) is 10.2 Å². The van der Waals surface area contributed by atoms with E-state index in [1.54, 1.807) is 23.1 Å². The molecule has 1 aromatic heterocycles. The Morgan fingerprint density at radius 1 is 1.30 bits per heavy atom. The number of likely N-dealkylation sites (tertiary alicyclic amines) is 1. The van der Waals surface area contributed by atoms with Crippen LogP contribution in [-0.2, 0) is 0 Å². The van der Waals surface area contributed by atoms with Crippen LogP contribution < -0.4 is 5.32 Å². The Balaban J connectivity index is 1.45. The molecular weight excluding hydrogens is 299 g/mol. The Bertz CT molecular complexity index is 774. The van der Waals surface area contributed by atoms with Crippen molar-refractivity contribution in [3.63, 3.8) is 0 Å². The molecule has 1 aliphatic heterocycles. The fraction of sp³-hybridized carbons (Fsp3) is 0.294. The lowest BCUT2D eigenvalue weighted by Crippen LogP contribution is -2.43. The van der Waals surface area contributed by atoms with Crippen LogP contribution in [0.5, 0.6) is 0 Å². The minimum Gasteiger partial charge on any atom is -0.459 e. The van der Waals surface area contributed by atoms with Gasteiger partial charge in [-0.2, -0.15) is 0 Å². The molecule has 23 heavy (non-hydrogen) atoms. The summed E-state index contributed by atoms with van der Waals surface area (Å²) in [5, 5.41) is 2.97. The molecule has 1 aromatic carbocycles. The number of amides is 2. The first-order valence-corrected chi connectivity index (χ1v) is 7.48. The first-order chi connectivity index (χ1) is 11.1. The van der Waals surface area contributed by atoms with Gasteiger partial charge in [-0.3, -0.25) is 9.59 Å². The molecule has 6 heteroatoms. The monoisotopic (exact) mass is 314 g/mol. The van der Waals surface area contributed by atoms with E-state index in [9.17, 15) is 14.0 Å². The molecule has 2 heterocycles. The number of nitrogens with zero attached hydrogens (tertiary/aromatic N) is 1. The SMILES string of the molecule is O=C(N[C@]12C[C@@H]1CN(C(=O)c1ccco1)C2)c1cccc(F)c1. The second kappa shape index (κ2) is 4.94. The molecule has 118 valence electrons. The average Bonchev–Trinajstić information content (AvgIpc) is 2.95. The molecule has 1 N–H and O–H groups in total. The molecule has 2 fully saturated rings. The highest BCUT2D eigenvalue weighted by Crippen LogP contribution is 2.49. The summed E-state index contributed by atoms with van der Waals surface area (Å²) in [5.41, 5.74) is -0.0908. The van der Waals surface area contributed by atoms with Crippen LogP contribution in [0.1, 0.15) is 27.3 Å². The number of hydrogen-bond donors (Lipinski definition) is 1. The van der Waals surface area contributed by atoms with Crippen molar-refractivity contribution in [3.05, 3.63) is 59.8 Å². The molecular formula is C17H15FN2O3. The van der Waals surface area contributed by atoms with Crippen LogP contribution in [-0.4, -0.2) is 35.3 Å². The Kier molecular flexibility index (Phi) is 3.01. The van der Waals surface area contributed by atoms with Crippen LogP contribution >= 0.6 is 0 Å². The molecule has 0 unspecified atom stereocenters. The Morgan fingerprint density at radius 3 is 2.91 bits per heavy atom. The number of fused-ring (bicyclic) bond motifs is 1. The van der Waals surface area contributed by atoms with E-state index >= 15 is 0 Å². The van der Waals surface area contributed by atoms with Gasteiger partial charge in [0.05, 0.1) is 11.8 Å². The van der Waals surface area contributed by atoms with E-state index in [0.717, 1.165) is 6.42 Å². The third kappa shape index (κ3) is 2.40. The summed E-state index contributed by atoms with van der Waals surface area (Å²) >= 11 is 0. The van der Waals surface area contributed by atoms with E-state index in [4.69, 9.17) is 4.42 Å². The molecule has 5 nitrogen and oxygen atoms in total. The third-order valence-electron chi connectivity index (χ3n) is 4.61. The molecule has 0 bridgehead atoms. The van der Waals surface area contributed by atoms with Crippen LogP contribution in [0.15, 0.2) is 47.1 Å². The van der Waals surface area contributed by atoms with E-state index in [1.165, 1.54) is 24.5 Å². The van der Waals surface area contributed by atoms with Crippen molar-refractivity contribution in [2.75, 3.05) is 13.1 Å². The van der Waals surface area contributed by atoms with Crippen molar-refractivity contribution in [2.45, 2.75) is 12.0 Å². The maximum Gasteiger partial charge on any atom is 0.289 e. The summed E-state index contributed by atoms with van der Waals surface area (Å²) in [6, 6.07) is 8.90. The largest absolute Gasteiger partial charge is 0.459 e. The Morgan fingerprint density at radius 2 is 2.17 bits per heavy atom. The maximum atomic E-state index is 13.2. The lowest BCUT2D eigenvalue weighted by atomic mass is 10.1. The standard InChI is InChI=1S/C17H15FN2O3/c18-13-4-1-3-11(7-13)15(21)19-17-8-12(17)9-20(10-17)16(22)14-5-2-6-23-14/h1-7,12H,8-10H2,(H,19,21)/t12-,17+/m1/s1. The van der Waals surface area contributed by atoms with E-state index in [0.29, 0.717) is 24.4 Å². The first-order valence-electron chi connectivity index (χ1n) is 7.48. The van der Waals surface area contributed by atoms with E-state index in [-0.39, 0.29) is 23.3 Å². The molecule has 0 radical (unpaired) electrons. The zero-order valence-electron chi connectivity index (χ0n) is 12.3. The van der Waals surface area contributed by atoms with Crippen LogP contribution in [0.3, 0.4) is 0 Å². The summed E-state index contributed by atoms with van der Waals surface area (Å²) in [6.07, 6.45) is 2.31. The van der Waals surface area contributed by atoms with Gasteiger partial charge in [-0.05, 0) is 36.8 Å². The van der Waals surface area contributed by atoms with Crippen LogP contribution in [0.4, 0.5) is 4.39 Å². The second-order valence-electron chi connectivity index (χ2n) is 6.18. The summed E-state index contributed by atoms with van der Waals surface area (Å²) in [5.74, 6) is -0.360. The van der Waals surface area contributed by atoms with Crippen molar-refractivity contribution in [3.8, 4) is 0 Å². The smallest absolute Gasteiger partial charge is 0.289 e. The fourth-order valence-corrected chi connectivity index (χ4v) is 3.32. The summed E-state index contributed by atoms with van der Waals surface area (Å²) in [7, 11) is 0. The van der Waals surface area contributed by atoms with E-state index < -0.39 is 5.82 Å². The van der Waals surface area contributed by atoms with Gasteiger partial charge in [0.2, 0.25) is 0 Å². The molecule has 2 atom stereocenters. The summed E-state index contributed by atoms with van der Waals surface area (Å²) in [4.78, 5) is 26.3. The van der Waals surface area contributed by atoms with Gasteiger partial charge in [-0.25, -0.2) is 4.39 Å². The predicted molar refractivity (Wildman–Crippen MR) is 79.3 cm³/mol. The highest BCUT2D eigenvalue weighted by atomic mass is 19.1. The number of benzene rings is 1. The molecule has 1 saturated carbocycles. The lowest BCUT2D eigenvalue weighted by Gasteiger charge is -2.21. The topological polar surface area (TPSA) is 62.6 Å². The van der Waals surface area contributed by atoms with Gasteiger partial charge in [-0.15, -0.1) is 0 Å². The molecule has 0 spiro atoms. The van der Waals surface area contributed by atoms with Crippen LogP contribution in [0.25, 0.3) is 0 Å². The lowest BCUT2D eigenvalue weighted by molar-refractivity contribution is 0.0730. The molecule has 1 saturated heterocycles. The highest BCUT2D eigenvalue weighted by Gasteiger charge is 2.62. The first kappa shape index (κ1) is 14.0. The van der Waals surface area contributed by atoms with Crippen LogP contribution in [0.2, 0.25) is 0 Å². The Labute approximate surface area is 132 Å². The molecule has 1 aliphatic carbocycles. The minimum atomic E-state index is -0.441. The zero-order chi connectivity index (χ0) is 16.0. The number of halogens is 1. The number of hydrogen-bond acceptors (Lipinski definition) is 3. The molecule has 4 rings (SSSR count). The van der Waals surface area contributed by atoms with Gasteiger partial charge in [0, 0.05) is 24.6 Å². The number of carbonyl (C=O) groups is 2. The molecule has 2 aromatic rings. The van der Waals surface area contributed by atoms with E-state index in [2.05, 4.69) is 5.32 Å². The number of rotatable bonds is 3. The van der Waals surface area contributed by atoms with Gasteiger partial charge < -0.3 is 14.6 Å². The number of nitrogens with one attached hydrogen (secondary N) is 1. The van der Waals surface area contributed by atoms with Gasteiger partial charge in [0.15, 0.2) is 5.76 Å².